The molecule has 6 heteroatoms. The molecule has 3 aliphatic carbocycles. The molecule has 0 atom stereocenters. The third kappa shape index (κ3) is 1.14. The van der Waals surface area contributed by atoms with Crippen molar-refractivity contribution in [3.05, 3.63) is 17.0 Å². The van der Waals surface area contributed by atoms with Crippen LogP contribution in [0, 0.1) is 5.92 Å². The average Bonchev–Trinajstić information content (AvgIpc) is 2.43. The van der Waals surface area contributed by atoms with E-state index in [0.717, 1.165) is 12.8 Å². The van der Waals surface area contributed by atoms with Crippen molar-refractivity contribution in [1.82, 2.24) is 7.99 Å². The number of aromatic nitrogens is 2. The van der Waals surface area contributed by atoms with Crippen LogP contribution in [-0.4, -0.2) is 13.8 Å². The first kappa shape index (κ1) is 9.68. The zero-order valence-electron chi connectivity index (χ0n) is 7.58. The number of hydrogen-bond donors (Lipinski definition) is 0. The van der Waals surface area contributed by atoms with Gasteiger partial charge in [0, 0.05) is 11.8 Å². The Kier molecular flexibility index (Phi) is 1.93. The molecule has 0 unspecified atom stereocenters. The fourth-order valence-electron chi connectivity index (χ4n) is 2.44. The lowest BCUT2D eigenvalue weighted by Gasteiger charge is -2.39. The third-order valence-corrected chi connectivity index (χ3v) is 3.99. The molecule has 4 rings (SSSR count). The number of rotatable bonds is 1. The van der Waals surface area contributed by atoms with E-state index in [1.807, 2.05) is 22.9 Å². The Morgan fingerprint density at radius 3 is 2.67 bits per heavy atom. The number of carbonyl (C=O) groups excluding carboxylic acids is 1. The molecule has 3 aliphatic rings. The molecule has 0 saturated heterocycles. The molecule has 2 bridgehead atoms. The number of alkyl halides is 2. The lowest BCUT2D eigenvalue weighted by molar-refractivity contribution is 0.0776. The van der Waals surface area contributed by atoms with Crippen molar-refractivity contribution < 1.29 is 13.6 Å². The highest BCUT2D eigenvalue weighted by Crippen LogP contribution is 2.51. The number of nitrogens with zero attached hydrogens (tertiary/aromatic N) is 2. The molecule has 1 aromatic heterocycles. The number of Topliss-reactive ketones (excluding diaryl/α,β-unsaturated/α-hetero) is 1. The van der Waals surface area contributed by atoms with Crippen molar-refractivity contribution in [2.24, 2.45) is 5.92 Å². The summed E-state index contributed by atoms with van der Waals surface area (Å²) in [6, 6.07) is 0. The summed E-state index contributed by atoms with van der Waals surface area (Å²) in [7, 11) is 0. The number of carbonyl (C=O) groups is 1. The van der Waals surface area contributed by atoms with Gasteiger partial charge in [0.2, 0.25) is 0 Å². The third-order valence-electron chi connectivity index (χ3n) is 3.26. The van der Waals surface area contributed by atoms with Crippen molar-refractivity contribution in [3.63, 3.8) is 0 Å². The molecule has 1 fully saturated rings. The SMILES string of the molecule is O=C1c2c(C(F)F)nn(I)c2C2CC1C2. The van der Waals surface area contributed by atoms with E-state index in [2.05, 4.69) is 5.10 Å². The summed E-state index contributed by atoms with van der Waals surface area (Å²) in [5.74, 6) is 0.103. The minimum Gasteiger partial charge on any atom is -0.294 e. The molecule has 0 spiro atoms. The van der Waals surface area contributed by atoms with Crippen LogP contribution >= 0.6 is 22.9 Å². The first-order valence-electron chi connectivity index (χ1n) is 4.71. The fraction of sp³-hybridized carbons (Fsp3) is 0.556. The summed E-state index contributed by atoms with van der Waals surface area (Å²) in [6.07, 6.45) is -1.04. The van der Waals surface area contributed by atoms with E-state index in [1.54, 1.807) is 0 Å². The van der Waals surface area contributed by atoms with Crippen molar-refractivity contribution in [2.75, 3.05) is 0 Å². The van der Waals surface area contributed by atoms with E-state index >= 15 is 0 Å². The molecule has 0 radical (unpaired) electrons. The maximum Gasteiger partial charge on any atom is 0.282 e. The Morgan fingerprint density at radius 1 is 1.40 bits per heavy atom. The molecule has 1 aromatic rings. The Hall–Kier alpha value is -0.530. The zero-order valence-corrected chi connectivity index (χ0v) is 9.74. The smallest absolute Gasteiger partial charge is 0.282 e. The maximum atomic E-state index is 12.7. The van der Waals surface area contributed by atoms with Crippen LogP contribution in [0.15, 0.2) is 0 Å². The van der Waals surface area contributed by atoms with Gasteiger partial charge >= 0.3 is 0 Å². The second-order valence-electron chi connectivity index (χ2n) is 4.04. The van der Waals surface area contributed by atoms with Crippen LogP contribution in [0.2, 0.25) is 0 Å². The first-order valence-corrected chi connectivity index (χ1v) is 5.67. The zero-order chi connectivity index (χ0) is 10.7. The van der Waals surface area contributed by atoms with Gasteiger partial charge in [-0.2, -0.15) is 5.10 Å². The van der Waals surface area contributed by atoms with Gasteiger partial charge < -0.3 is 0 Å². The molecular formula is C9H7F2IN2O. The first-order chi connectivity index (χ1) is 7.09. The van der Waals surface area contributed by atoms with Gasteiger partial charge in [0.05, 0.1) is 34.1 Å². The van der Waals surface area contributed by atoms with Gasteiger partial charge in [-0.1, -0.05) is 0 Å². The molecule has 0 aromatic carbocycles. The second kappa shape index (κ2) is 2.99. The minimum atomic E-state index is -2.66. The van der Waals surface area contributed by atoms with E-state index in [9.17, 15) is 13.6 Å². The molecular weight excluding hydrogens is 317 g/mol. The van der Waals surface area contributed by atoms with Crippen LogP contribution < -0.4 is 0 Å². The Balaban J connectivity index is 2.23. The standard InChI is InChI=1S/C9H7F2IN2O/c10-9(11)6-5-7(14(12)13-6)3-1-4(2-3)8(5)15/h3-4,9H,1-2H2. The largest absolute Gasteiger partial charge is 0.294 e. The van der Waals surface area contributed by atoms with Crippen molar-refractivity contribution in [1.29, 1.82) is 0 Å². The number of ketones is 1. The normalized spacial score (nSPS) is 27.9. The Bertz CT molecular complexity index is 451. The van der Waals surface area contributed by atoms with Crippen molar-refractivity contribution >= 4 is 28.6 Å². The van der Waals surface area contributed by atoms with Gasteiger partial charge in [0.15, 0.2) is 5.78 Å². The summed E-state index contributed by atoms with van der Waals surface area (Å²) in [5, 5.41) is 3.75. The number of halogens is 3. The van der Waals surface area contributed by atoms with Gasteiger partial charge in [-0.25, -0.2) is 11.7 Å². The summed E-state index contributed by atoms with van der Waals surface area (Å²) in [4.78, 5) is 11.8. The van der Waals surface area contributed by atoms with Crippen LogP contribution in [0.1, 0.15) is 46.9 Å². The highest BCUT2D eigenvalue weighted by molar-refractivity contribution is 14.1. The highest BCUT2D eigenvalue weighted by Gasteiger charge is 2.48. The van der Waals surface area contributed by atoms with Gasteiger partial charge in [0.1, 0.15) is 5.69 Å². The quantitative estimate of drug-likeness (QED) is 0.745. The molecule has 15 heavy (non-hydrogen) atoms. The van der Waals surface area contributed by atoms with Crippen LogP contribution in [0.4, 0.5) is 8.78 Å². The van der Waals surface area contributed by atoms with Crippen LogP contribution in [0.25, 0.3) is 0 Å². The molecule has 1 saturated carbocycles. The average molecular weight is 324 g/mol. The maximum absolute atomic E-state index is 12.7. The van der Waals surface area contributed by atoms with E-state index in [4.69, 9.17) is 0 Å². The molecule has 80 valence electrons. The topological polar surface area (TPSA) is 34.9 Å². The van der Waals surface area contributed by atoms with Gasteiger partial charge in [-0.05, 0) is 12.8 Å². The fourth-order valence-corrected chi connectivity index (χ4v) is 3.31. The van der Waals surface area contributed by atoms with Crippen molar-refractivity contribution in [3.8, 4) is 0 Å². The van der Waals surface area contributed by atoms with Crippen LogP contribution in [-0.2, 0) is 0 Å². The lowest BCUT2D eigenvalue weighted by atomic mass is 9.64. The lowest BCUT2D eigenvalue weighted by Crippen LogP contribution is -2.36. The molecule has 0 N–H and O–H groups in total. The number of hydrogen-bond acceptors (Lipinski definition) is 2. The predicted octanol–water partition coefficient (Wildman–Crippen LogP) is 2.71. The summed E-state index contributed by atoms with van der Waals surface area (Å²) >= 11 is 1.87. The molecule has 0 aliphatic heterocycles. The van der Waals surface area contributed by atoms with Crippen LogP contribution in [0.3, 0.4) is 0 Å². The van der Waals surface area contributed by atoms with E-state index in [0.29, 0.717) is 5.69 Å². The highest BCUT2D eigenvalue weighted by atomic mass is 127. The van der Waals surface area contributed by atoms with Crippen LogP contribution in [0.5, 0.6) is 0 Å². The van der Waals surface area contributed by atoms with Gasteiger partial charge in [0.25, 0.3) is 6.43 Å². The molecule has 0 amide bonds. The summed E-state index contributed by atoms with van der Waals surface area (Å²) in [5.41, 5.74) is 0.573. The van der Waals surface area contributed by atoms with Gasteiger partial charge in [-0.3, -0.25) is 4.79 Å². The van der Waals surface area contributed by atoms with Gasteiger partial charge in [-0.15, -0.1) is 0 Å². The molecule has 3 nitrogen and oxygen atoms in total. The Morgan fingerprint density at radius 2 is 2.07 bits per heavy atom. The summed E-state index contributed by atoms with van der Waals surface area (Å²) < 4.78 is 26.7. The van der Waals surface area contributed by atoms with E-state index in [-0.39, 0.29) is 28.9 Å². The second-order valence-corrected chi connectivity index (χ2v) is 4.95. The monoisotopic (exact) mass is 324 g/mol. The van der Waals surface area contributed by atoms with E-state index < -0.39 is 6.43 Å². The van der Waals surface area contributed by atoms with E-state index in [1.165, 1.54) is 2.90 Å². The predicted molar refractivity (Wildman–Crippen MR) is 56.4 cm³/mol. The minimum absolute atomic E-state index is 0.0272. The Labute approximate surface area is 98.3 Å². The van der Waals surface area contributed by atoms with Crippen molar-refractivity contribution in [2.45, 2.75) is 25.2 Å². The summed E-state index contributed by atoms with van der Waals surface area (Å²) in [6.45, 7) is 0. The molecule has 1 heterocycles.